The first kappa shape index (κ1) is 16.2. The quantitative estimate of drug-likeness (QED) is 0.720. The van der Waals surface area contributed by atoms with Crippen molar-refractivity contribution in [3.8, 4) is 0 Å². The molecule has 0 atom stereocenters. The molecule has 0 saturated carbocycles. The Morgan fingerprint density at radius 3 is 2.47 bits per heavy atom. The zero-order valence-electron chi connectivity index (χ0n) is 12.0. The van der Waals surface area contributed by atoms with E-state index in [0.29, 0.717) is 11.7 Å². The normalized spacial score (nSPS) is 11.6. The number of aliphatic hydroxyl groups is 1. The van der Waals surface area contributed by atoms with Crippen LogP contribution in [0.25, 0.3) is 0 Å². The van der Waals surface area contributed by atoms with Crippen LogP contribution in [0.1, 0.15) is 45.9 Å². The van der Waals surface area contributed by atoms with Crippen LogP contribution in [0.5, 0.6) is 0 Å². The molecule has 4 nitrogen and oxygen atoms in total. The predicted octanol–water partition coefficient (Wildman–Crippen LogP) is 3.29. The molecule has 0 aliphatic heterocycles. The number of nitrogens with one attached hydrogen (secondary N) is 1. The van der Waals surface area contributed by atoms with E-state index in [1.54, 1.807) is 6.07 Å². The van der Waals surface area contributed by atoms with Crippen LogP contribution in [0.3, 0.4) is 0 Å². The summed E-state index contributed by atoms with van der Waals surface area (Å²) in [5.74, 6) is 1.50. The van der Waals surface area contributed by atoms with E-state index in [4.69, 9.17) is 11.6 Å². The van der Waals surface area contributed by atoms with E-state index < -0.39 is 0 Å². The molecule has 19 heavy (non-hydrogen) atoms. The average Bonchev–Trinajstić information content (AvgIpc) is 2.41. The molecular formula is C14H24ClN3O. The highest BCUT2D eigenvalue weighted by atomic mass is 35.5. The van der Waals surface area contributed by atoms with E-state index in [1.165, 1.54) is 0 Å². The van der Waals surface area contributed by atoms with Crippen molar-refractivity contribution in [2.45, 2.75) is 46.5 Å². The summed E-state index contributed by atoms with van der Waals surface area (Å²) in [7, 11) is 0. The van der Waals surface area contributed by atoms with Crippen molar-refractivity contribution >= 4 is 17.4 Å². The minimum absolute atomic E-state index is 0.0949. The maximum atomic E-state index is 9.55. The standard InChI is InChI=1S/C14H24ClN3O/c1-4-7-12-17-11(15)8-13(18-12)16-9-14(5-2,6-3)10-19/h8,19H,4-7,9-10H2,1-3H3,(H,16,17,18). The van der Waals surface area contributed by atoms with Crippen molar-refractivity contribution < 1.29 is 5.11 Å². The first-order valence-electron chi connectivity index (χ1n) is 6.97. The first-order valence-corrected chi connectivity index (χ1v) is 7.35. The lowest BCUT2D eigenvalue weighted by Gasteiger charge is -2.29. The van der Waals surface area contributed by atoms with Crippen molar-refractivity contribution in [2.75, 3.05) is 18.5 Å². The third-order valence-corrected chi connectivity index (χ3v) is 3.89. The highest BCUT2D eigenvalue weighted by molar-refractivity contribution is 6.29. The molecule has 0 aromatic carbocycles. The fraction of sp³-hybridized carbons (Fsp3) is 0.714. The van der Waals surface area contributed by atoms with E-state index in [9.17, 15) is 5.11 Å². The Kier molecular flexibility index (Phi) is 6.52. The minimum Gasteiger partial charge on any atom is -0.396 e. The largest absolute Gasteiger partial charge is 0.396 e. The van der Waals surface area contributed by atoms with E-state index in [1.807, 2.05) is 0 Å². The van der Waals surface area contributed by atoms with Gasteiger partial charge in [-0.25, -0.2) is 9.97 Å². The molecule has 1 aromatic heterocycles. The summed E-state index contributed by atoms with van der Waals surface area (Å²) >= 11 is 6.00. The van der Waals surface area contributed by atoms with Gasteiger partial charge in [0.15, 0.2) is 0 Å². The molecule has 5 heteroatoms. The Morgan fingerprint density at radius 2 is 1.95 bits per heavy atom. The molecule has 0 radical (unpaired) electrons. The Morgan fingerprint density at radius 1 is 1.26 bits per heavy atom. The molecule has 0 aliphatic carbocycles. The molecular weight excluding hydrogens is 262 g/mol. The lowest BCUT2D eigenvalue weighted by Crippen LogP contribution is -2.32. The number of hydrogen-bond acceptors (Lipinski definition) is 4. The zero-order valence-corrected chi connectivity index (χ0v) is 12.8. The molecule has 0 fully saturated rings. The van der Waals surface area contributed by atoms with Gasteiger partial charge in [-0.1, -0.05) is 32.4 Å². The first-order chi connectivity index (χ1) is 9.09. The van der Waals surface area contributed by atoms with E-state index in [2.05, 4.69) is 36.1 Å². The zero-order chi connectivity index (χ0) is 14.3. The second-order valence-corrected chi connectivity index (χ2v) is 5.35. The van der Waals surface area contributed by atoms with Crippen molar-refractivity contribution in [3.63, 3.8) is 0 Å². The summed E-state index contributed by atoms with van der Waals surface area (Å²) in [4.78, 5) is 8.63. The molecule has 0 saturated heterocycles. The number of hydrogen-bond donors (Lipinski definition) is 2. The second kappa shape index (κ2) is 7.65. The van der Waals surface area contributed by atoms with E-state index in [-0.39, 0.29) is 12.0 Å². The van der Waals surface area contributed by atoms with Gasteiger partial charge in [0.25, 0.3) is 0 Å². The number of anilines is 1. The van der Waals surface area contributed by atoms with Gasteiger partial charge in [-0.15, -0.1) is 0 Å². The van der Waals surface area contributed by atoms with Crippen LogP contribution >= 0.6 is 11.6 Å². The van der Waals surface area contributed by atoms with Gasteiger partial charge >= 0.3 is 0 Å². The fourth-order valence-corrected chi connectivity index (χ4v) is 2.15. The van der Waals surface area contributed by atoms with Crippen molar-refractivity contribution in [1.82, 2.24) is 9.97 Å². The Balaban J connectivity index is 2.76. The van der Waals surface area contributed by atoms with Gasteiger partial charge in [-0.05, 0) is 19.3 Å². The molecule has 0 bridgehead atoms. The smallest absolute Gasteiger partial charge is 0.134 e. The summed E-state index contributed by atoms with van der Waals surface area (Å²) in [6.45, 7) is 7.14. The molecule has 1 heterocycles. The maximum absolute atomic E-state index is 9.55. The number of nitrogens with zero attached hydrogens (tertiary/aromatic N) is 2. The molecule has 2 N–H and O–H groups in total. The third kappa shape index (κ3) is 4.62. The van der Waals surface area contributed by atoms with Crippen LogP contribution in [0.15, 0.2) is 6.07 Å². The van der Waals surface area contributed by atoms with Crippen LogP contribution in [-0.2, 0) is 6.42 Å². The average molecular weight is 286 g/mol. The van der Waals surface area contributed by atoms with Crippen LogP contribution in [0.4, 0.5) is 5.82 Å². The number of rotatable bonds is 8. The third-order valence-electron chi connectivity index (χ3n) is 3.69. The monoisotopic (exact) mass is 285 g/mol. The van der Waals surface area contributed by atoms with Crippen LogP contribution in [-0.4, -0.2) is 28.2 Å². The van der Waals surface area contributed by atoms with E-state index >= 15 is 0 Å². The molecule has 1 aromatic rings. The van der Waals surface area contributed by atoms with Gasteiger partial charge in [0.05, 0.1) is 6.61 Å². The summed E-state index contributed by atoms with van der Waals surface area (Å²) < 4.78 is 0. The molecule has 0 aliphatic rings. The molecule has 0 unspecified atom stereocenters. The van der Waals surface area contributed by atoms with Crippen molar-refractivity contribution in [3.05, 3.63) is 17.0 Å². The summed E-state index contributed by atoms with van der Waals surface area (Å²) in [5.41, 5.74) is -0.0949. The predicted molar refractivity (Wildman–Crippen MR) is 79.6 cm³/mol. The summed E-state index contributed by atoms with van der Waals surface area (Å²) in [6.07, 6.45) is 3.66. The molecule has 1 rings (SSSR count). The Bertz CT molecular complexity index is 386. The SMILES string of the molecule is CCCc1nc(Cl)cc(NCC(CC)(CC)CO)n1. The van der Waals surface area contributed by atoms with Gasteiger partial charge in [0.2, 0.25) is 0 Å². The van der Waals surface area contributed by atoms with Crippen LogP contribution < -0.4 is 5.32 Å². The van der Waals surface area contributed by atoms with Gasteiger partial charge < -0.3 is 10.4 Å². The number of aryl methyl sites for hydroxylation is 1. The lowest BCUT2D eigenvalue weighted by molar-refractivity contribution is 0.127. The minimum atomic E-state index is -0.0949. The summed E-state index contributed by atoms with van der Waals surface area (Å²) in [6, 6.07) is 1.73. The highest BCUT2D eigenvalue weighted by Gasteiger charge is 2.25. The molecule has 0 amide bonds. The van der Waals surface area contributed by atoms with Crippen molar-refractivity contribution in [1.29, 1.82) is 0 Å². The topological polar surface area (TPSA) is 58.0 Å². The van der Waals surface area contributed by atoms with Crippen LogP contribution in [0, 0.1) is 5.41 Å². The lowest BCUT2D eigenvalue weighted by atomic mass is 9.83. The maximum Gasteiger partial charge on any atom is 0.134 e. The van der Waals surface area contributed by atoms with Crippen LogP contribution in [0.2, 0.25) is 5.15 Å². The molecule has 108 valence electrons. The van der Waals surface area contributed by atoms with Crippen molar-refractivity contribution in [2.24, 2.45) is 5.41 Å². The Labute approximate surface area is 120 Å². The van der Waals surface area contributed by atoms with Gasteiger partial charge in [-0.2, -0.15) is 0 Å². The number of aromatic nitrogens is 2. The van der Waals surface area contributed by atoms with Gasteiger partial charge in [0, 0.05) is 24.4 Å². The fourth-order valence-electron chi connectivity index (χ4n) is 1.95. The Hall–Kier alpha value is -0.870. The second-order valence-electron chi connectivity index (χ2n) is 4.96. The number of halogens is 1. The highest BCUT2D eigenvalue weighted by Crippen LogP contribution is 2.26. The molecule has 0 spiro atoms. The number of aliphatic hydroxyl groups excluding tert-OH is 1. The van der Waals surface area contributed by atoms with Gasteiger partial charge in [0.1, 0.15) is 16.8 Å². The van der Waals surface area contributed by atoms with Gasteiger partial charge in [-0.3, -0.25) is 0 Å². The van der Waals surface area contributed by atoms with E-state index in [0.717, 1.165) is 37.3 Å². The summed E-state index contributed by atoms with van der Waals surface area (Å²) in [5, 5.41) is 13.3.